The molecule has 1 saturated carbocycles. The first-order chi connectivity index (χ1) is 15.5. The lowest BCUT2D eigenvalue weighted by Gasteiger charge is -2.40. The summed E-state index contributed by atoms with van der Waals surface area (Å²) < 4.78 is 7.71. The third-order valence-corrected chi connectivity index (χ3v) is 6.55. The molecule has 1 saturated heterocycles. The van der Waals surface area contributed by atoms with Gasteiger partial charge < -0.3 is 24.5 Å². The van der Waals surface area contributed by atoms with Crippen LogP contribution >= 0.6 is 0 Å². The Morgan fingerprint density at radius 1 is 1.16 bits per heavy atom. The molecule has 1 aliphatic carbocycles. The minimum atomic E-state index is -0.705. The highest BCUT2D eigenvalue weighted by atomic mass is 16.6. The summed E-state index contributed by atoms with van der Waals surface area (Å²) in [5.41, 5.74) is 0.993. The third-order valence-electron chi connectivity index (χ3n) is 6.55. The Morgan fingerprint density at radius 3 is 2.53 bits per heavy atom. The van der Waals surface area contributed by atoms with Gasteiger partial charge in [0, 0.05) is 44.1 Å². The van der Waals surface area contributed by atoms with Crippen molar-refractivity contribution in [1.29, 1.82) is 0 Å². The molecule has 0 spiro atoms. The fourth-order valence-corrected chi connectivity index (χ4v) is 4.36. The van der Waals surface area contributed by atoms with Gasteiger partial charge in [-0.1, -0.05) is 30.3 Å². The molecule has 0 bridgehead atoms. The molecule has 0 radical (unpaired) electrons. The smallest absolute Gasteiger partial charge is 0.410 e. The SMILES string of the molecule is CB(O)N1CCN(C(=O)OCc2ccccc2)[C@@H](C(=O)NCCC2(n3cccc3)CC2)C1. The maximum Gasteiger partial charge on any atom is 0.410 e. The molecule has 9 heteroatoms. The van der Waals surface area contributed by atoms with Gasteiger partial charge in [0.15, 0.2) is 0 Å². The van der Waals surface area contributed by atoms with Gasteiger partial charge in [-0.15, -0.1) is 0 Å². The highest BCUT2D eigenvalue weighted by Crippen LogP contribution is 2.46. The van der Waals surface area contributed by atoms with Crippen LogP contribution in [0.3, 0.4) is 0 Å². The van der Waals surface area contributed by atoms with E-state index in [1.807, 2.05) is 42.5 Å². The number of hydrogen-bond acceptors (Lipinski definition) is 5. The lowest BCUT2D eigenvalue weighted by Crippen LogP contribution is -2.63. The number of amides is 2. The van der Waals surface area contributed by atoms with E-state index < -0.39 is 19.2 Å². The maximum absolute atomic E-state index is 13.1. The molecule has 32 heavy (non-hydrogen) atoms. The van der Waals surface area contributed by atoms with Crippen molar-refractivity contribution in [2.24, 2.45) is 0 Å². The van der Waals surface area contributed by atoms with Crippen LogP contribution in [-0.4, -0.2) is 70.6 Å². The number of rotatable bonds is 8. The van der Waals surface area contributed by atoms with Crippen LogP contribution < -0.4 is 5.32 Å². The summed E-state index contributed by atoms with van der Waals surface area (Å²) in [7, 11) is -0.684. The topological polar surface area (TPSA) is 87.0 Å². The van der Waals surface area contributed by atoms with Crippen LogP contribution in [0.2, 0.25) is 6.82 Å². The highest BCUT2D eigenvalue weighted by molar-refractivity contribution is 6.45. The molecule has 1 aromatic heterocycles. The van der Waals surface area contributed by atoms with Crippen molar-refractivity contribution >= 4 is 19.1 Å². The number of benzene rings is 1. The number of aromatic nitrogens is 1. The standard InChI is InChI=1S/C23H31BN4O4/c1-24(31)27-15-16-28(22(30)32-18-19-7-3-2-4-8-19)20(17-27)21(29)25-12-11-23(9-10-23)26-13-5-6-14-26/h2-8,13-14,20,31H,9-12,15-18H2,1H3,(H,25,29)/t20-/m1/s1. The predicted molar refractivity (Wildman–Crippen MR) is 122 cm³/mol. The summed E-state index contributed by atoms with van der Waals surface area (Å²) in [5, 5.41) is 13.0. The second-order valence-electron chi connectivity index (χ2n) is 8.73. The van der Waals surface area contributed by atoms with Gasteiger partial charge in [0.2, 0.25) is 5.91 Å². The summed E-state index contributed by atoms with van der Waals surface area (Å²) in [6.07, 6.45) is 6.69. The van der Waals surface area contributed by atoms with E-state index in [0.29, 0.717) is 19.6 Å². The molecular formula is C23H31BN4O4. The molecule has 2 fully saturated rings. The molecule has 4 rings (SSSR count). The number of carbonyl (C=O) groups is 2. The van der Waals surface area contributed by atoms with E-state index in [1.165, 1.54) is 4.90 Å². The first-order valence-corrected chi connectivity index (χ1v) is 11.3. The Labute approximate surface area is 189 Å². The van der Waals surface area contributed by atoms with E-state index in [9.17, 15) is 14.6 Å². The fraction of sp³-hybridized carbons (Fsp3) is 0.478. The Bertz CT molecular complexity index is 902. The number of carbonyl (C=O) groups excluding carboxylic acids is 2. The predicted octanol–water partition coefficient (Wildman–Crippen LogP) is 1.92. The van der Waals surface area contributed by atoms with E-state index in [2.05, 4.69) is 22.3 Å². The van der Waals surface area contributed by atoms with Gasteiger partial charge in [-0.05, 0) is 43.8 Å². The summed E-state index contributed by atoms with van der Waals surface area (Å²) in [5.74, 6) is -0.213. The van der Waals surface area contributed by atoms with E-state index in [-0.39, 0.29) is 24.6 Å². The molecule has 0 unspecified atom stereocenters. The van der Waals surface area contributed by atoms with Crippen LogP contribution in [0.25, 0.3) is 0 Å². The average Bonchev–Trinajstić information content (AvgIpc) is 3.38. The van der Waals surface area contributed by atoms with Crippen molar-refractivity contribution in [1.82, 2.24) is 19.6 Å². The number of piperazine rings is 1. The van der Waals surface area contributed by atoms with E-state index in [0.717, 1.165) is 24.8 Å². The molecule has 1 aromatic carbocycles. The first-order valence-electron chi connectivity index (χ1n) is 11.3. The molecule has 8 nitrogen and oxygen atoms in total. The molecule has 1 atom stereocenters. The van der Waals surface area contributed by atoms with Crippen LogP contribution in [0, 0.1) is 0 Å². The van der Waals surface area contributed by atoms with Gasteiger partial charge in [-0.25, -0.2) is 4.79 Å². The zero-order valence-corrected chi connectivity index (χ0v) is 18.5. The lowest BCUT2D eigenvalue weighted by atomic mass is 9.83. The number of ether oxygens (including phenoxy) is 1. The Kier molecular flexibility index (Phi) is 6.86. The minimum Gasteiger partial charge on any atom is -0.445 e. The van der Waals surface area contributed by atoms with E-state index in [4.69, 9.17) is 4.74 Å². The largest absolute Gasteiger partial charge is 0.445 e. The van der Waals surface area contributed by atoms with Crippen LogP contribution in [0.4, 0.5) is 4.79 Å². The Balaban J connectivity index is 1.35. The summed E-state index contributed by atoms with van der Waals surface area (Å²) in [6.45, 7) is 3.45. The summed E-state index contributed by atoms with van der Waals surface area (Å²) in [4.78, 5) is 29.2. The zero-order valence-electron chi connectivity index (χ0n) is 18.5. The molecular weight excluding hydrogens is 407 g/mol. The highest BCUT2D eigenvalue weighted by Gasteiger charge is 2.44. The van der Waals surface area contributed by atoms with Crippen LogP contribution in [0.15, 0.2) is 54.9 Å². The van der Waals surface area contributed by atoms with E-state index in [1.54, 1.807) is 11.6 Å². The van der Waals surface area contributed by atoms with Crippen molar-refractivity contribution in [2.45, 2.75) is 44.3 Å². The summed E-state index contributed by atoms with van der Waals surface area (Å²) in [6, 6.07) is 12.8. The van der Waals surface area contributed by atoms with Crippen molar-refractivity contribution in [3.63, 3.8) is 0 Å². The number of hydrogen-bond donors (Lipinski definition) is 2. The van der Waals surface area contributed by atoms with Crippen molar-refractivity contribution < 1.29 is 19.3 Å². The van der Waals surface area contributed by atoms with Crippen molar-refractivity contribution in [3.05, 3.63) is 60.4 Å². The van der Waals surface area contributed by atoms with Crippen LogP contribution in [0.1, 0.15) is 24.8 Å². The van der Waals surface area contributed by atoms with Gasteiger partial charge in [0.25, 0.3) is 0 Å². The molecule has 1 aliphatic heterocycles. The Morgan fingerprint density at radius 2 is 1.88 bits per heavy atom. The minimum absolute atomic E-state index is 0.100. The second kappa shape index (κ2) is 9.79. The third kappa shape index (κ3) is 5.16. The number of nitrogens with zero attached hydrogens (tertiary/aromatic N) is 3. The quantitative estimate of drug-likeness (QED) is 0.615. The van der Waals surface area contributed by atoms with Gasteiger partial charge in [0.05, 0.1) is 0 Å². The first kappa shape index (κ1) is 22.4. The lowest BCUT2D eigenvalue weighted by molar-refractivity contribution is -0.127. The van der Waals surface area contributed by atoms with Gasteiger partial charge in [-0.3, -0.25) is 9.69 Å². The fourth-order valence-electron chi connectivity index (χ4n) is 4.36. The van der Waals surface area contributed by atoms with Gasteiger partial charge in [0.1, 0.15) is 12.6 Å². The molecule has 2 heterocycles. The average molecular weight is 438 g/mol. The van der Waals surface area contributed by atoms with Crippen LogP contribution in [-0.2, 0) is 21.7 Å². The molecule has 2 amide bonds. The second-order valence-corrected chi connectivity index (χ2v) is 8.73. The van der Waals surface area contributed by atoms with Crippen molar-refractivity contribution in [3.8, 4) is 0 Å². The van der Waals surface area contributed by atoms with Gasteiger partial charge >= 0.3 is 13.1 Å². The van der Waals surface area contributed by atoms with Crippen molar-refractivity contribution in [2.75, 3.05) is 26.2 Å². The molecule has 170 valence electrons. The zero-order chi connectivity index (χ0) is 22.6. The Hall–Kier alpha value is -2.78. The normalized spacial score (nSPS) is 19.9. The van der Waals surface area contributed by atoms with Gasteiger partial charge in [-0.2, -0.15) is 0 Å². The van der Waals surface area contributed by atoms with E-state index >= 15 is 0 Å². The molecule has 2 N–H and O–H groups in total. The molecule has 2 aliphatic rings. The molecule has 2 aromatic rings. The monoisotopic (exact) mass is 438 g/mol. The maximum atomic E-state index is 13.1. The number of nitrogens with one attached hydrogen (secondary N) is 1. The summed E-state index contributed by atoms with van der Waals surface area (Å²) >= 11 is 0. The van der Waals surface area contributed by atoms with Crippen LogP contribution in [0.5, 0.6) is 0 Å².